The highest BCUT2D eigenvalue weighted by atomic mass is 31.2. The number of aromatic nitrogens is 3. The lowest BCUT2D eigenvalue weighted by Crippen LogP contribution is -2.29. The zero-order valence-electron chi connectivity index (χ0n) is 19.0. The zero-order chi connectivity index (χ0) is 23.2. The Balaban J connectivity index is 1.44. The van der Waals surface area contributed by atoms with Gasteiger partial charge < -0.3 is 20.1 Å². The topological polar surface area (TPSA) is 107 Å². The van der Waals surface area contributed by atoms with Gasteiger partial charge in [0.1, 0.15) is 30.0 Å². The number of nitrogens with zero attached hydrogens (tertiary/aromatic N) is 5. The number of likely N-dealkylation sites (N-methyl/N-ethyl adjacent to an activating group) is 1. The Labute approximate surface area is 193 Å². The highest BCUT2D eigenvalue weighted by molar-refractivity contribution is 7.69. The molecule has 0 spiro atoms. The third-order valence-corrected chi connectivity index (χ3v) is 7.54. The molecule has 1 aliphatic carbocycles. The lowest BCUT2D eigenvalue weighted by molar-refractivity contribution is 0.282. The molecule has 168 valence electrons. The predicted octanol–water partition coefficient (Wildman–Crippen LogP) is 3.95. The summed E-state index contributed by atoms with van der Waals surface area (Å²) in [6.45, 7) is 5.42. The Hall–Kier alpha value is -3.27. The van der Waals surface area contributed by atoms with Crippen LogP contribution in [-0.2, 0) is 17.5 Å². The molecule has 0 saturated heterocycles. The second kappa shape index (κ2) is 8.26. The highest BCUT2D eigenvalue weighted by Gasteiger charge is 2.31. The second-order valence-electron chi connectivity index (χ2n) is 9.19. The number of aryl methyl sites for hydroxylation is 1. The van der Waals surface area contributed by atoms with E-state index in [0.717, 1.165) is 25.2 Å². The first-order valence-electron chi connectivity index (χ1n) is 11.0. The summed E-state index contributed by atoms with van der Waals surface area (Å²) < 4.78 is 12.4. The molecule has 3 aromatic rings. The largest absolute Gasteiger partial charge is 0.324 e. The maximum absolute atomic E-state index is 12.4. The summed E-state index contributed by atoms with van der Waals surface area (Å²) in [6.07, 6.45) is 3.79. The molecular formula is C24H26N7OP. The quantitative estimate of drug-likeness (QED) is 0.553. The average molecular weight is 459 g/mol. The fourth-order valence-corrected chi connectivity index (χ4v) is 5.56. The van der Waals surface area contributed by atoms with Crippen LogP contribution in [0.5, 0.6) is 0 Å². The van der Waals surface area contributed by atoms with Crippen molar-refractivity contribution < 1.29 is 4.57 Å². The van der Waals surface area contributed by atoms with Crippen LogP contribution < -0.4 is 16.1 Å². The summed E-state index contributed by atoms with van der Waals surface area (Å²) >= 11 is 0. The van der Waals surface area contributed by atoms with Crippen LogP contribution in [-0.4, -0.2) is 46.8 Å². The third kappa shape index (κ3) is 4.35. The number of hydrogen-bond acceptors (Lipinski definition) is 8. The summed E-state index contributed by atoms with van der Waals surface area (Å²) in [7, 11) is -0.339. The van der Waals surface area contributed by atoms with Gasteiger partial charge in [-0.25, -0.2) is 9.97 Å². The molecule has 0 radical (unpaired) electrons. The van der Waals surface area contributed by atoms with Crippen LogP contribution in [0.15, 0.2) is 36.5 Å². The van der Waals surface area contributed by atoms with E-state index in [9.17, 15) is 9.83 Å². The summed E-state index contributed by atoms with van der Waals surface area (Å²) in [5.74, 6) is 1.86. The molecule has 2 aliphatic rings. The fourth-order valence-electron chi connectivity index (χ4n) is 4.76. The van der Waals surface area contributed by atoms with E-state index in [1.165, 1.54) is 29.3 Å². The van der Waals surface area contributed by atoms with Crippen LogP contribution >= 0.6 is 7.14 Å². The number of rotatable bonds is 5. The molecule has 1 aromatic carbocycles. The second-order valence-corrected chi connectivity index (χ2v) is 12.4. The molecule has 1 atom stereocenters. The van der Waals surface area contributed by atoms with Crippen LogP contribution in [0.3, 0.4) is 0 Å². The van der Waals surface area contributed by atoms with E-state index in [-0.39, 0.29) is 0 Å². The van der Waals surface area contributed by atoms with Gasteiger partial charge in [-0.15, -0.1) is 0 Å². The van der Waals surface area contributed by atoms with Gasteiger partial charge in [-0.1, -0.05) is 6.07 Å². The van der Waals surface area contributed by atoms with E-state index in [1.54, 1.807) is 31.5 Å². The van der Waals surface area contributed by atoms with E-state index < -0.39 is 7.14 Å². The molecular weight excluding hydrogens is 433 g/mol. The first kappa shape index (κ1) is 21.6. The monoisotopic (exact) mass is 459 g/mol. The molecule has 8 nitrogen and oxygen atoms in total. The van der Waals surface area contributed by atoms with Crippen molar-refractivity contribution >= 4 is 35.8 Å². The van der Waals surface area contributed by atoms with E-state index in [1.807, 2.05) is 0 Å². The van der Waals surface area contributed by atoms with E-state index in [0.29, 0.717) is 34.5 Å². The number of hydrogen-bond donors (Lipinski definition) is 2. The van der Waals surface area contributed by atoms with E-state index >= 15 is 0 Å². The minimum absolute atomic E-state index is 0.303. The van der Waals surface area contributed by atoms with E-state index in [2.05, 4.69) is 55.7 Å². The van der Waals surface area contributed by atoms with E-state index in [4.69, 9.17) is 0 Å². The molecule has 0 bridgehead atoms. The lowest BCUT2D eigenvalue weighted by atomic mass is 9.91. The number of nitrogens with one attached hydrogen (secondary N) is 2. The first-order chi connectivity index (χ1) is 15.8. The van der Waals surface area contributed by atoms with Crippen molar-refractivity contribution in [2.45, 2.75) is 25.3 Å². The zero-order valence-corrected chi connectivity index (χ0v) is 19.9. The van der Waals surface area contributed by atoms with Gasteiger partial charge >= 0.3 is 0 Å². The number of anilines is 4. The highest BCUT2D eigenvalue weighted by Crippen LogP contribution is 2.41. The molecule has 3 heterocycles. The predicted molar refractivity (Wildman–Crippen MR) is 130 cm³/mol. The summed E-state index contributed by atoms with van der Waals surface area (Å²) in [5, 5.41) is 15.9. The summed E-state index contributed by atoms with van der Waals surface area (Å²) in [6, 6.07) is 11.8. The molecule has 1 aliphatic heterocycles. The first-order valence-corrected chi connectivity index (χ1v) is 13.6. The Morgan fingerprint density at radius 3 is 2.79 bits per heavy atom. The molecule has 1 unspecified atom stereocenters. The van der Waals surface area contributed by atoms with Gasteiger partial charge in [-0.2, -0.15) is 10.2 Å². The van der Waals surface area contributed by atoms with Crippen LogP contribution in [0.25, 0.3) is 0 Å². The molecule has 9 heteroatoms. The van der Waals surface area contributed by atoms with Gasteiger partial charge in [0.25, 0.3) is 0 Å². The normalized spacial score (nSPS) is 17.3. The number of nitriles is 1. The van der Waals surface area contributed by atoms with Gasteiger partial charge in [-0.05, 0) is 80.1 Å². The Kier molecular flexibility index (Phi) is 5.40. The molecule has 0 amide bonds. The van der Waals surface area contributed by atoms with Crippen molar-refractivity contribution in [2.75, 3.05) is 37.6 Å². The molecule has 2 aromatic heterocycles. The van der Waals surface area contributed by atoms with Gasteiger partial charge in [0.15, 0.2) is 5.82 Å². The van der Waals surface area contributed by atoms with Crippen LogP contribution in [0.2, 0.25) is 0 Å². The van der Waals surface area contributed by atoms with Crippen LogP contribution in [0.1, 0.15) is 34.6 Å². The van der Waals surface area contributed by atoms with Crippen molar-refractivity contribution in [2.24, 2.45) is 0 Å². The summed E-state index contributed by atoms with van der Waals surface area (Å²) in [5.41, 5.74) is 6.07. The smallest absolute Gasteiger partial charge is 0.229 e. The van der Waals surface area contributed by atoms with Crippen molar-refractivity contribution in [1.29, 1.82) is 5.26 Å². The van der Waals surface area contributed by atoms with Crippen molar-refractivity contribution in [1.82, 2.24) is 19.9 Å². The molecule has 33 heavy (non-hydrogen) atoms. The van der Waals surface area contributed by atoms with Crippen LogP contribution in [0.4, 0.5) is 23.3 Å². The summed E-state index contributed by atoms with van der Waals surface area (Å²) in [4.78, 5) is 15.7. The van der Waals surface area contributed by atoms with Crippen molar-refractivity contribution in [3.8, 4) is 6.07 Å². The molecule has 2 N–H and O–H groups in total. The standard InChI is InChI=1S/C24H26N7OP/c1-31-13-16-8-7-15-9-19(10-17(14-31)22(15)16)27-24-26-12-18(11-25)23(30-24)29-20-5-4-6-21(28-20)33(2,3)32/h4-6,9-10,12,16H,7-8,13-14H2,1-3H3,(H2,26,27,28,29,30). The van der Waals surface area contributed by atoms with Crippen molar-refractivity contribution in [3.05, 3.63) is 58.8 Å². The SMILES string of the molecule is CN1Cc2cc(Nc3ncc(C#N)c(Nc4cccc(P(C)(C)=O)n4)n3)cc3c2C(CC3)C1. The fraction of sp³-hybridized carbons (Fsp3) is 0.333. The Morgan fingerprint density at radius 2 is 2.00 bits per heavy atom. The number of benzene rings is 1. The molecule has 0 saturated carbocycles. The maximum atomic E-state index is 12.4. The third-order valence-electron chi connectivity index (χ3n) is 6.19. The maximum Gasteiger partial charge on any atom is 0.229 e. The lowest BCUT2D eigenvalue weighted by Gasteiger charge is -2.30. The minimum atomic E-state index is -2.51. The van der Waals surface area contributed by atoms with Gasteiger partial charge in [0.05, 0.1) is 6.20 Å². The van der Waals surface area contributed by atoms with Crippen LogP contribution in [0, 0.1) is 11.3 Å². The van der Waals surface area contributed by atoms with Gasteiger partial charge in [-0.3, -0.25) is 0 Å². The van der Waals surface area contributed by atoms with Crippen molar-refractivity contribution in [3.63, 3.8) is 0 Å². The molecule has 5 rings (SSSR count). The minimum Gasteiger partial charge on any atom is -0.324 e. The Bertz CT molecular complexity index is 1330. The van der Waals surface area contributed by atoms with Gasteiger partial charge in [0, 0.05) is 18.8 Å². The average Bonchev–Trinajstić information content (AvgIpc) is 3.17. The Morgan fingerprint density at radius 1 is 1.18 bits per heavy atom. The number of pyridine rings is 1. The van der Waals surface area contributed by atoms with Gasteiger partial charge in [0.2, 0.25) is 5.95 Å². The molecule has 0 fully saturated rings.